The summed E-state index contributed by atoms with van der Waals surface area (Å²) in [5, 5.41) is 2.91. The van der Waals surface area contributed by atoms with Gasteiger partial charge in [0, 0.05) is 78.7 Å². The van der Waals surface area contributed by atoms with Gasteiger partial charge in [0.25, 0.3) is 11.5 Å². The third kappa shape index (κ3) is 5.49. The van der Waals surface area contributed by atoms with Crippen molar-refractivity contribution in [1.29, 1.82) is 0 Å². The number of aromatic nitrogens is 2. The molecule has 0 saturated carbocycles. The average Bonchev–Trinajstić information content (AvgIpc) is 3.41. The second-order valence-electron chi connectivity index (χ2n) is 12.0. The largest absolute Gasteiger partial charge is 0.496 e. The molecule has 1 N–H and O–H groups in total. The summed E-state index contributed by atoms with van der Waals surface area (Å²) < 4.78 is 47.7. The van der Waals surface area contributed by atoms with Crippen LogP contribution in [0.15, 0.2) is 53.6 Å². The van der Waals surface area contributed by atoms with Crippen molar-refractivity contribution in [3.63, 3.8) is 0 Å². The summed E-state index contributed by atoms with van der Waals surface area (Å²) in [7, 11) is 4.54. The zero-order chi connectivity index (χ0) is 36.2. The van der Waals surface area contributed by atoms with Crippen LogP contribution in [0.2, 0.25) is 0 Å². The molecule has 7 rings (SSSR count). The number of nitrogens with zero attached hydrogens (tertiary/aromatic N) is 4. The Bertz CT molecular complexity index is 2120. The first-order chi connectivity index (χ1) is 24.4. The first-order valence-electron chi connectivity index (χ1n) is 16.9. The second kappa shape index (κ2) is 12.3. The standard InChI is InChI=1S/C35H35N5O8/c1-38-17-26(24-12-32(47-4)36-13-25(24)34(38)43)19-10-29(45-2)27(30(11-19)46-3)18-39-15-22(16-39)48-21-5-6-23-20(9-21)14-40(35(23)44)28-7-8-31(41)37-33(28)42/h5-6,9-13,17,22,28H,7-8,14-16,18H2,1-4H3,(H,37,41,42)/i1D3. The molecule has 2 saturated heterocycles. The molecule has 2 aromatic heterocycles. The van der Waals surface area contributed by atoms with Crippen LogP contribution in [0.4, 0.5) is 0 Å². The van der Waals surface area contributed by atoms with Crippen molar-refractivity contribution in [2.24, 2.45) is 6.98 Å². The van der Waals surface area contributed by atoms with Crippen LogP contribution in [0.1, 0.15) is 38.4 Å². The fourth-order valence-corrected chi connectivity index (χ4v) is 6.62. The van der Waals surface area contributed by atoms with Gasteiger partial charge in [0.1, 0.15) is 29.4 Å². The minimum absolute atomic E-state index is 0.112. The summed E-state index contributed by atoms with van der Waals surface area (Å²) in [5.41, 5.74) is 2.39. The van der Waals surface area contributed by atoms with E-state index >= 15 is 0 Å². The molecule has 5 heterocycles. The quantitative estimate of drug-likeness (QED) is 0.267. The van der Waals surface area contributed by atoms with Gasteiger partial charge in [-0.25, -0.2) is 4.98 Å². The van der Waals surface area contributed by atoms with Crippen LogP contribution in [0.25, 0.3) is 21.9 Å². The van der Waals surface area contributed by atoms with Gasteiger partial charge in [0.05, 0.1) is 32.3 Å². The first-order valence-corrected chi connectivity index (χ1v) is 15.4. The topological polar surface area (TPSA) is 142 Å². The maximum absolute atomic E-state index is 13.1. The van der Waals surface area contributed by atoms with Gasteiger partial charge in [-0.15, -0.1) is 0 Å². The number of carbonyl (C=O) groups is 3. The minimum atomic E-state index is -2.72. The van der Waals surface area contributed by atoms with Crippen molar-refractivity contribution in [2.75, 3.05) is 34.4 Å². The summed E-state index contributed by atoms with van der Waals surface area (Å²) in [6, 6.07) is 9.78. The molecule has 0 radical (unpaired) electrons. The Hall–Kier alpha value is -5.43. The van der Waals surface area contributed by atoms with Gasteiger partial charge < -0.3 is 28.4 Å². The molecule has 1 unspecified atom stereocenters. The van der Waals surface area contributed by atoms with E-state index in [0.29, 0.717) is 65.4 Å². The Morgan fingerprint density at radius 1 is 0.958 bits per heavy atom. The number of methoxy groups -OCH3 is 3. The number of hydrogen-bond donors (Lipinski definition) is 1. The van der Waals surface area contributed by atoms with Gasteiger partial charge in [-0.05, 0) is 47.9 Å². The number of nitrogens with one attached hydrogen (secondary N) is 1. The fourth-order valence-electron chi connectivity index (χ4n) is 6.62. The van der Waals surface area contributed by atoms with Gasteiger partial charge in [-0.2, -0.15) is 0 Å². The van der Waals surface area contributed by atoms with Crippen molar-refractivity contribution in [3.8, 4) is 34.3 Å². The van der Waals surface area contributed by atoms with E-state index in [1.165, 1.54) is 24.4 Å². The predicted molar refractivity (Wildman–Crippen MR) is 174 cm³/mol. The van der Waals surface area contributed by atoms with Crippen molar-refractivity contribution >= 4 is 28.5 Å². The number of piperidine rings is 1. The lowest BCUT2D eigenvalue weighted by atomic mass is 9.98. The maximum Gasteiger partial charge on any atom is 0.259 e. The molecule has 4 aromatic rings. The van der Waals surface area contributed by atoms with Crippen LogP contribution in [0.3, 0.4) is 0 Å². The average molecular weight is 657 g/mol. The number of hydrogen-bond acceptors (Lipinski definition) is 10. The lowest BCUT2D eigenvalue weighted by molar-refractivity contribution is -0.136. The third-order valence-corrected chi connectivity index (χ3v) is 9.11. The van der Waals surface area contributed by atoms with E-state index in [4.69, 9.17) is 23.1 Å². The number of ether oxygens (including phenoxy) is 4. The maximum atomic E-state index is 13.1. The van der Waals surface area contributed by atoms with E-state index in [0.717, 1.165) is 15.7 Å². The van der Waals surface area contributed by atoms with Crippen LogP contribution in [-0.4, -0.2) is 83.6 Å². The van der Waals surface area contributed by atoms with Crippen LogP contribution in [0, 0.1) is 0 Å². The highest BCUT2D eigenvalue weighted by molar-refractivity contribution is 6.05. The van der Waals surface area contributed by atoms with Crippen molar-refractivity contribution in [2.45, 2.75) is 38.1 Å². The van der Waals surface area contributed by atoms with E-state index in [1.807, 2.05) is 6.07 Å². The second-order valence-corrected chi connectivity index (χ2v) is 12.0. The van der Waals surface area contributed by atoms with Gasteiger partial charge in [-0.3, -0.25) is 29.4 Å². The SMILES string of the molecule is [2H]C([2H])([2H])n1cc(-c2cc(OC)c(CN3CC(Oc4ccc5c(c4)CN(C4CCC(=O)NC4=O)C5=O)C3)c(OC)c2)c2cc(OC)ncc2c1=O. The zero-order valence-corrected chi connectivity index (χ0v) is 26.6. The predicted octanol–water partition coefficient (Wildman–Crippen LogP) is 2.65. The summed E-state index contributed by atoms with van der Waals surface area (Å²) in [6.45, 7) is -0.778. The molecule has 0 spiro atoms. The molecule has 2 fully saturated rings. The number of rotatable bonds is 9. The molecule has 0 bridgehead atoms. The number of imide groups is 1. The number of fused-ring (bicyclic) bond motifs is 2. The third-order valence-electron chi connectivity index (χ3n) is 9.11. The molecule has 13 nitrogen and oxygen atoms in total. The lowest BCUT2D eigenvalue weighted by Gasteiger charge is -2.39. The lowest BCUT2D eigenvalue weighted by Crippen LogP contribution is -2.53. The highest BCUT2D eigenvalue weighted by Crippen LogP contribution is 2.39. The highest BCUT2D eigenvalue weighted by atomic mass is 16.5. The summed E-state index contributed by atoms with van der Waals surface area (Å²) in [5.74, 6) is 0.892. The van der Waals surface area contributed by atoms with Crippen molar-refractivity contribution in [3.05, 3.63) is 75.8 Å². The van der Waals surface area contributed by atoms with Gasteiger partial charge in [-0.1, -0.05) is 0 Å². The molecule has 3 aliphatic heterocycles. The van der Waals surface area contributed by atoms with Gasteiger partial charge in [0.15, 0.2) is 0 Å². The fraction of sp³-hybridized carbons (Fsp3) is 0.343. The molecule has 13 heteroatoms. The van der Waals surface area contributed by atoms with E-state index in [-0.39, 0.29) is 42.2 Å². The molecule has 2 aromatic carbocycles. The molecule has 48 heavy (non-hydrogen) atoms. The number of pyridine rings is 2. The number of amides is 3. The summed E-state index contributed by atoms with van der Waals surface area (Å²) in [6.07, 6.45) is 3.00. The molecule has 3 amide bonds. The first kappa shape index (κ1) is 27.7. The monoisotopic (exact) mass is 656 g/mol. The van der Waals surface area contributed by atoms with Gasteiger partial charge in [0.2, 0.25) is 17.7 Å². The Morgan fingerprint density at radius 2 is 1.73 bits per heavy atom. The van der Waals surface area contributed by atoms with Gasteiger partial charge >= 0.3 is 0 Å². The number of carbonyl (C=O) groups excluding carboxylic acids is 3. The Morgan fingerprint density at radius 3 is 2.42 bits per heavy atom. The molecule has 3 aliphatic rings. The van der Waals surface area contributed by atoms with E-state index in [9.17, 15) is 19.2 Å². The summed E-state index contributed by atoms with van der Waals surface area (Å²) >= 11 is 0. The molecule has 248 valence electrons. The van der Waals surface area contributed by atoms with E-state index in [2.05, 4.69) is 15.2 Å². The molecular weight excluding hydrogens is 618 g/mol. The normalized spacial score (nSPS) is 19.2. The highest BCUT2D eigenvalue weighted by Gasteiger charge is 2.39. The molecule has 1 atom stereocenters. The number of likely N-dealkylation sites (tertiary alicyclic amines) is 1. The number of benzene rings is 2. The van der Waals surface area contributed by atoms with Crippen molar-refractivity contribution < 1.29 is 37.4 Å². The molecule has 0 aliphatic carbocycles. The van der Waals surface area contributed by atoms with E-state index < -0.39 is 24.5 Å². The Kier molecular flexibility index (Phi) is 7.09. The van der Waals surface area contributed by atoms with Crippen LogP contribution >= 0.6 is 0 Å². The van der Waals surface area contributed by atoms with Crippen LogP contribution < -0.4 is 29.8 Å². The smallest absolute Gasteiger partial charge is 0.259 e. The zero-order valence-electron chi connectivity index (χ0n) is 29.6. The number of aryl methyl sites for hydroxylation is 1. The minimum Gasteiger partial charge on any atom is -0.496 e. The van der Waals surface area contributed by atoms with E-state index in [1.54, 1.807) is 44.6 Å². The Balaban J connectivity index is 1.08. The van der Waals surface area contributed by atoms with Crippen molar-refractivity contribution in [1.82, 2.24) is 24.7 Å². The molecular formula is C35H35N5O8. The van der Waals surface area contributed by atoms with Crippen LogP contribution in [0.5, 0.6) is 23.1 Å². The Labute approximate surface area is 280 Å². The summed E-state index contributed by atoms with van der Waals surface area (Å²) in [4.78, 5) is 57.9. The van der Waals surface area contributed by atoms with Crippen LogP contribution in [-0.2, 0) is 29.7 Å².